The predicted octanol–water partition coefficient (Wildman–Crippen LogP) is 5.73. The molecular weight excluding hydrogens is 606 g/mol. The van der Waals surface area contributed by atoms with Crippen molar-refractivity contribution in [3.05, 3.63) is 108 Å². The lowest BCUT2D eigenvalue weighted by Crippen LogP contribution is -2.56. The Morgan fingerprint density at radius 1 is 0.870 bits per heavy atom. The number of hydrogen-bond donors (Lipinski definition) is 1. The van der Waals surface area contributed by atoms with Crippen LogP contribution in [0.4, 0.5) is 11.4 Å². The fourth-order valence-electron chi connectivity index (χ4n) is 5.93. The Morgan fingerprint density at radius 2 is 1.46 bits per heavy atom. The highest BCUT2D eigenvalue weighted by Gasteiger charge is 2.37. The highest BCUT2D eigenvalue weighted by molar-refractivity contribution is 7.93. The topological polar surface area (TPSA) is 123 Å². The Morgan fingerprint density at radius 3 is 2.02 bits per heavy atom. The number of nitrogens with zero attached hydrogens (tertiary/aromatic N) is 3. The normalized spacial score (nSPS) is 14.7. The number of aryl methyl sites for hydroxylation is 1. The van der Waals surface area contributed by atoms with E-state index in [9.17, 15) is 18.0 Å². The SMILES string of the molecule is CCO[N+]1(c2ccc(N(C(=O)c3c4ccccc4nc4ccccc34)S(=O)(=O)c3ccc(CCC(=O)O)cc3)cc2)CCOCC1. The molecule has 1 amide bonds. The van der Waals surface area contributed by atoms with Gasteiger partial charge in [-0.2, -0.15) is 9.14 Å². The number of carbonyl (C=O) groups is 2. The number of rotatable bonds is 10. The molecule has 0 aliphatic carbocycles. The third kappa shape index (κ3) is 5.97. The number of ether oxygens (including phenoxy) is 1. The van der Waals surface area contributed by atoms with Crippen LogP contribution in [0.1, 0.15) is 29.3 Å². The highest BCUT2D eigenvalue weighted by Crippen LogP contribution is 2.34. The smallest absolute Gasteiger partial charge is 0.303 e. The first-order valence-electron chi connectivity index (χ1n) is 15.1. The summed E-state index contributed by atoms with van der Waals surface area (Å²) in [5.74, 6) is -1.67. The molecule has 6 rings (SSSR count). The van der Waals surface area contributed by atoms with Crippen LogP contribution >= 0.6 is 0 Å². The van der Waals surface area contributed by atoms with Crippen LogP contribution in [-0.4, -0.2) is 63.3 Å². The van der Waals surface area contributed by atoms with Crippen molar-refractivity contribution in [3.63, 3.8) is 0 Å². The molecule has 1 aliphatic rings. The summed E-state index contributed by atoms with van der Waals surface area (Å²) in [6, 6.07) is 27.2. The van der Waals surface area contributed by atoms with Crippen LogP contribution in [0.15, 0.2) is 102 Å². The van der Waals surface area contributed by atoms with Crippen LogP contribution in [0, 0.1) is 0 Å². The van der Waals surface area contributed by atoms with Gasteiger partial charge in [0.1, 0.15) is 19.7 Å². The van der Waals surface area contributed by atoms with Gasteiger partial charge in [-0.05, 0) is 55.3 Å². The minimum Gasteiger partial charge on any atom is -0.481 e. The number of fused-ring (bicyclic) bond motifs is 2. The van der Waals surface area contributed by atoms with E-state index in [0.717, 1.165) is 9.99 Å². The van der Waals surface area contributed by atoms with Crippen molar-refractivity contribution < 1.29 is 32.7 Å². The van der Waals surface area contributed by atoms with Crippen LogP contribution in [0.2, 0.25) is 0 Å². The largest absolute Gasteiger partial charge is 0.481 e. The summed E-state index contributed by atoms with van der Waals surface area (Å²) in [5.41, 5.74) is 3.01. The zero-order valence-electron chi connectivity index (χ0n) is 25.3. The van der Waals surface area contributed by atoms with E-state index >= 15 is 0 Å². The van der Waals surface area contributed by atoms with E-state index in [1.54, 1.807) is 72.8 Å². The van der Waals surface area contributed by atoms with E-state index in [-0.39, 0.29) is 33.6 Å². The number of benzene rings is 4. The van der Waals surface area contributed by atoms with E-state index in [4.69, 9.17) is 19.7 Å². The summed E-state index contributed by atoms with van der Waals surface area (Å²) in [6.45, 7) is 4.63. The molecule has 1 N–H and O–H groups in total. The maximum atomic E-state index is 14.8. The quantitative estimate of drug-likeness (QED) is 0.152. The molecule has 2 heterocycles. The average molecular weight is 641 g/mol. The van der Waals surface area contributed by atoms with Crippen molar-refractivity contribution in [2.24, 2.45) is 0 Å². The molecule has 1 fully saturated rings. The Hall–Kier alpha value is -4.68. The lowest BCUT2D eigenvalue weighted by atomic mass is 10.0. The number of carbonyl (C=O) groups excluding carboxylic acids is 1. The fourth-order valence-corrected chi connectivity index (χ4v) is 7.33. The monoisotopic (exact) mass is 640 g/mol. The van der Waals surface area contributed by atoms with Gasteiger partial charge in [-0.1, -0.05) is 48.5 Å². The third-order valence-electron chi connectivity index (χ3n) is 8.20. The molecule has 0 unspecified atom stereocenters. The van der Waals surface area contributed by atoms with Crippen molar-refractivity contribution in [1.29, 1.82) is 0 Å². The number of amides is 1. The molecule has 4 aromatic carbocycles. The van der Waals surface area contributed by atoms with Crippen LogP contribution in [-0.2, 0) is 30.8 Å². The molecule has 11 heteroatoms. The standard InChI is InChI=1S/C35H33N3O7S/c1-2-45-38(21-23-44-24-22-38)27-16-14-26(15-17-27)37(46(42,43)28-18-11-25(12-19-28)13-20-33(39)40)35(41)34-29-7-3-5-9-31(29)36-32-10-6-4-8-30(32)34/h3-12,14-19H,2,13,20-24H2,1H3/p+1. The molecule has 1 saturated heterocycles. The number of sulfonamides is 1. The molecule has 0 radical (unpaired) electrons. The van der Waals surface area contributed by atoms with E-state index in [2.05, 4.69) is 0 Å². The van der Waals surface area contributed by atoms with Gasteiger partial charge in [-0.3, -0.25) is 9.59 Å². The molecule has 5 aromatic rings. The molecule has 46 heavy (non-hydrogen) atoms. The zero-order valence-corrected chi connectivity index (χ0v) is 26.2. The zero-order chi connectivity index (χ0) is 32.3. The van der Waals surface area contributed by atoms with Crippen molar-refractivity contribution in [2.75, 3.05) is 37.2 Å². The summed E-state index contributed by atoms with van der Waals surface area (Å²) in [6.07, 6.45) is 0.165. The van der Waals surface area contributed by atoms with Crippen molar-refractivity contribution >= 4 is 55.1 Å². The number of pyridine rings is 1. The molecule has 236 valence electrons. The second-order valence-electron chi connectivity index (χ2n) is 11.0. The lowest BCUT2D eigenvalue weighted by Gasteiger charge is -2.37. The van der Waals surface area contributed by atoms with Gasteiger partial charge in [0.2, 0.25) is 0 Å². The maximum Gasteiger partial charge on any atom is 0.303 e. The Labute approximate surface area is 267 Å². The van der Waals surface area contributed by atoms with Gasteiger partial charge < -0.3 is 9.84 Å². The maximum absolute atomic E-state index is 14.8. The summed E-state index contributed by atoms with van der Waals surface area (Å²) in [7, 11) is -4.46. The van der Waals surface area contributed by atoms with E-state index < -0.39 is 21.9 Å². The molecular formula is C35H34N3O7S+. The van der Waals surface area contributed by atoms with Gasteiger partial charge in [0.15, 0.2) is 5.69 Å². The van der Waals surface area contributed by atoms with Gasteiger partial charge in [-0.15, -0.1) is 4.65 Å². The summed E-state index contributed by atoms with van der Waals surface area (Å²) in [5, 5.41) is 10.1. The molecule has 1 aromatic heterocycles. The van der Waals surface area contributed by atoms with Crippen LogP contribution in [0.5, 0.6) is 0 Å². The summed E-state index contributed by atoms with van der Waals surface area (Å²) in [4.78, 5) is 36.6. The van der Waals surface area contributed by atoms with Crippen molar-refractivity contribution in [3.8, 4) is 0 Å². The van der Waals surface area contributed by atoms with E-state index in [0.29, 0.717) is 60.3 Å². The van der Waals surface area contributed by atoms with Crippen LogP contribution in [0.25, 0.3) is 21.8 Å². The first-order chi connectivity index (χ1) is 22.2. The summed E-state index contributed by atoms with van der Waals surface area (Å²) >= 11 is 0. The number of hydrogen-bond acceptors (Lipinski definition) is 7. The van der Waals surface area contributed by atoms with Crippen LogP contribution < -0.4 is 8.95 Å². The van der Waals surface area contributed by atoms with Gasteiger partial charge in [0.25, 0.3) is 15.9 Å². The number of morpholine rings is 1. The van der Waals surface area contributed by atoms with Crippen LogP contribution in [0.3, 0.4) is 0 Å². The van der Waals surface area contributed by atoms with Gasteiger partial charge in [-0.25, -0.2) is 13.4 Å². The number of para-hydroxylation sites is 2. The number of carboxylic acids is 1. The van der Waals surface area contributed by atoms with Gasteiger partial charge in [0.05, 0.1) is 40.4 Å². The van der Waals surface area contributed by atoms with Crippen molar-refractivity contribution in [1.82, 2.24) is 9.63 Å². The number of aliphatic carboxylic acids is 1. The Balaban J connectivity index is 1.50. The lowest BCUT2D eigenvalue weighted by molar-refractivity contribution is -0.179. The minimum atomic E-state index is -4.46. The number of aromatic nitrogens is 1. The number of carboxylic acid groups (broad SMARTS) is 1. The first kappa shape index (κ1) is 31.3. The predicted molar refractivity (Wildman–Crippen MR) is 176 cm³/mol. The minimum absolute atomic E-state index is 0.0842. The molecule has 0 bridgehead atoms. The number of quaternary nitrogens is 1. The summed E-state index contributed by atoms with van der Waals surface area (Å²) < 4.78 is 35.7. The number of hydroxylamine groups is 2. The fraction of sp³-hybridized carbons (Fsp3) is 0.229. The second-order valence-corrected chi connectivity index (χ2v) is 12.8. The third-order valence-corrected chi connectivity index (χ3v) is 9.93. The molecule has 0 atom stereocenters. The number of anilines is 1. The first-order valence-corrected chi connectivity index (χ1v) is 16.6. The van der Waals surface area contributed by atoms with Gasteiger partial charge in [0, 0.05) is 29.3 Å². The molecule has 1 aliphatic heterocycles. The Bertz CT molecular complexity index is 1950. The highest BCUT2D eigenvalue weighted by atomic mass is 32.2. The van der Waals surface area contributed by atoms with Crippen molar-refractivity contribution in [2.45, 2.75) is 24.7 Å². The average Bonchev–Trinajstić information content (AvgIpc) is 3.07. The molecule has 10 nitrogen and oxygen atoms in total. The van der Waals surface area contributed by atoms with E-state index in [1.807, 2.05) is 19.1 Å². The molecule has 0 spiro atoms. The molecule has 0 saturated carbocycles. The van der Waals surface area contributed by atoms with E-state index in [1.165, 1.54) is 12.1 Å². The second kappa shape index (κ2) is 13.0. The van der Waals surface area contributed by atoms with Gasteiger partial charge >= 0.3 is 5.97 Å². The Kier molecular flexibility index (Phi) is 8.83.